The quantitative estimate of drug-likeness (QED) is 0.904. The second-order valence-electron chi connectivity index (χ2n) is 6.70. The van der Waals surface area contributed by atoms with Gasteiger partial charge in [-0.05, 0) is 55.1 Å². The Morgan fingerprint density at radius 3 is 2.57 bits per heavy atom. The molecule has 3 rings (SSSR count). The summed E-state index contributed by atoms with van der Waals surface area (Å²) in [4.78, 5) is 14.5. The highest BCUT2D eigenvalue weighted by Gasteiger charge is 2.45. The van der Waals surface area contributed by atoms with E-state index in [9.17, 15) is 9.90 Å². The van der Waals surface area contributed by atoms with Crippen LogP contribution in [0.2, 0.25) is 0 Å². The summed E-state index contributed by atoms with van der Waals surface area (Å²) in [5.74, 6) is 3.04. The van der Waals surface area contributed by atoms with Gasteiger partial charge in [0.15, 0.2) is 0 Å². The van der Waals surface area contributed by atoms with Gasteiger partial charge in [-0.2, -0.15) is 0 Å². The normalized spacial score (nSPS) is 30.6. The van der Waals surface area contributed by atoms with Crippen LogP contribution in [0.5, 0.6) is 0 Å². The van der Waals surface area contributed by atoms with E-state index in [1.165, 1.54) is 19.3 Å². The molecule has 0 aliphatic heterocycles. The fraction of sp³-hybridized carbons (Fsp3) is 0.611. The second-order valence-corrected chi connectivity index (χ2v) is 6.70. The maximum Gasteiger partial charge on any atom is 0.253 e. The molecule has 4 atom stereocenters. The lowest BCUT2D eigenvalue weighted by atomic mass is 9.80. The molecule has 1 aromatic carbocycles. The van der Waals surface area contributed by atoms with E-state index in [4.69, 9.17) is 0 Å². The minimum Gasteiger partial charge on any atom is -0.395 e. The standard InChI is InChI=1S/C18H25NO2/c1-13-15-7-8-16(11-15)17(13)12-19(9-10-20)18(21)14-5-3-2-4-6-14/h2-6,13,15-17,20H,7-12H2,1H3. The third-order valence-corrected chi connectivity index (χ3v) is 5.65. The minimum atomic E-state index is 0.0355. The number of rotatable bonds is 5. The molecule has 0 saturated heterocycles. The predicted octanol–water partition coefficient (Wildman–Crippen LogP) is 2.80. The van der Waals surface area contributed by atoms with Crippen LogP contribution in [0.3, 0.4) is 0 Å². The van der Waals surface area contributed by atoms with Crippen LogP contribution in [0.1, 0.15) is 36.5 Å². The van der Waals surface area contributed by atoms with Crippen LogP contribution in [-0.2, 0) is 0 Å². The van der Waals surface area contributed by atoms with E-state index in [1.54, 1.807) is 0 Å². The van der Waals surface area contributed by atoms with Crippen molar-refractivity contribution >= 4 is 5.91 Å². The molecule has 3 heteroatoms. The van der Waals surface area contributed by atoms with Gasteiger partial charge in [-0.25, -0.2) is 0 Å². The van der Waals surface area contributed by atoms with Crippen LogP contribution in [0, 0.1) is 23.7 Å². The summed E-state index contributed by atoms with van der Waals surface area (Å²) in [6.07, 6.45) is 4.04. The summed E-state index contributed by atoms with van der Waals surface area (Å²) in [6, 6.07) is 9.42. The Balaban J connectivity index is 1.71. The molecular weight excluding hydrogens is 262 g/mol. The fourth-order valence-corrected chi connectivity index (χ4v) is 4.43. The SMILES string of the molecule is CC1C2CCC(C2)C1CN(CCO)C(=O)c1ccccc1. The van der Waals surface area contributed by atoms with E-state index in [0.29, 0.717) is 18.4 Å². The number of fused-ring (bicyclic) bond motifs is 2. The average Bonchev–Trinajstić information content (AvgIpc) is 3.10. The van der Waals surface area contributed by atoms with Crippen molar-refractivity contribution in [1.29, 1.82) is 0 Å². The van der Waals surface area contributed by atoms with Gasteiger partial charge in [0, 0.05) is 18.7 Å². The zero-order valence-electron chi connectivity index (χ0n) is 12.7. The fourth-order valence-electron chi connectivity index (χ4n) is 4.43. The zero-order valence-corrected chi connectivity index (χ0v) is 12.7. The van der Waals surface area contributed by atoms with Crippen molar-refractivity contribution in [2.45, 2.75) is 26.2 Å². The number of carbonyl (C=O) groups excluding carboxylic acids is 1. The van der Waals surface area contributed by atoms with Crippen LogP contribution < -0.4 is 0 Å². The first kappa shape index (κ1) is 14.6. The molecule has 1 amide bonds. The van der Waals surface area contributed by atoms with E-state index >= 15 is 0 Å². The molecule has 114 valence electrons. The van der Waals surface area contributed by atoms with Gasteiger partial charge in [-0.15, -0.1) is 0 Å². The molecule has 1 N–H and O–H groups in total. The molecule has 0 spiro atoms. The monoisotopic (exact) mass is 287 g/mol. The first-order chi connectivity index (χ1) is 10.2. The summed E-state index contributed by atoms with van der Waals surface area (Å²) in [7, 11) is 0. The van der Waals surface area contributed by atoms with Crippen LogP contribution in [0.25, 0.3) is 0 Å². The summed E-state index contributed by atoms with van der Waals surface area (Å²) in [5, 5.41) is 9.31. The Morgan fingerprint density at radius 1 is 1.24 bits per heavy atom. The van der Waals surface area contributed by atoms with Crippen molar-refractivity contribution in [3.05, 3.63) is 35.9 Å². The van der Waals surface area contributed by atoms with Gasteiger partial charge in [0.1, 0.15) is 0 Å². The van der Waals surface area contributed by atoms with Crippen LogP contribution >= 0.6 is 0 Å². The highest BCUT2D eigenvalue weighted by molar-refractivity contribution is 5.94. The van der Waals surface area contributed by atoms with Crippen molar-refractivity contribution in [3.63, 3.8) is 0 Å². The van der Waals surface area contributed by atoms with E-state index < -0.39 is 0 Å². The van der Waals surface area contributed by atoms with Crippen LogP contribution in [-0.4, -0.2) is 35.6 Å². The zero-order chi connectivity index (χ0) is 14.8. The third kappa shape index (κ3) is 2.84. The maximum atomic E-state index is 12.7. The van der Waals surface area contributed by atoms with E-state index in [1.807, 2.05) is 35.2 Å². The van der Waals surface area contributed by atoms with Gasteiger partial charge in [0.2, 0.25) is 0 Å². The number of aliphatic hydroxyl groups excluding tert-OH is 1. The molecule has 4 unspecified atom stereocenters. The molecular formula is C18H25NO2. The van der Waals surface area contributed by atoms with Gasteiger partial charge >= 0.3 is 0 Å². The molecule has 0 aromatic heterocycles. The lowest BCUT2D eigenvalue weighted by molar-refractivity contribution is 0.0633. The molecule has 3 nitrogen and oxygen atoms in total. The van der Waals surface area contributed by atoms with Crippen molar-refractivity contribution in [3.8, 4) is 0 Å². The molecule has 2 fully saturated rings. The smallest absolute Gasteiger partial charge is 0.253 e. The van der Waals surface area contributed by atoms with Crippen LogP contribution in [0.15, 0.2) is 30.3 Å². The average molecular weight is 287 g/mol. The first-order valence-electron chi connectivity index (χ1n) is 8.16. The molecule has 0 heterocycles. The molecule has 1 aromatic rings. The van der Waals surface area contributed by atoms with Crippen LogP contribution in [0.4, 0.5) is 0 Å². The van der Waals surface area contributed by atoms with Gasteiger partial charge in [-0.1, -0.05) is 25.1 Å². The number of carbonyl (C=O) groups is 1. The second kappa shape index (κ2) is 6.18. The Labute approximate surface area is 127 Å². The van der Waals surface area contributed by atoms with E-state index in [0.717, 1.165) is 23.9 Å². The Morgan fingerprint density at radius 2 is 1.95 bits per heavy atom. The number of benzene rings is 1. The molecule has 2 bridgehead atoms. The van der Waals surface area contributed by atoms with Gasteiger partial charge in [0.25, 0.3) is 5.91 Å². The van der Waals surface area contributed by atoms with Gasteiger partial charge in [0.05, 0.1) is 6.61 Å². The molecule has 2 aliphatic rings. The highest BCUT2D eigenvalue weighted by Crippen LogP contribution is 2.52. The van der Waals surface area contributed by atoms with Gasteiger partial charge < -0.3 is 10.0 Å². The van der Waals surface area contributed by atoms with Crippen molar-refractivity contribution in [1.82, 2.24) is 4.90 Å². The number of amides is 1. The van der Waals surface area contributed by atoms with Gasteiger partial charge in [-0.3, -0.25) is 4.79 Å². The molecule has 2 aliphatic carbocycles. The van der Waals surface area contributed by atoms with Crippen molar-refractivity contribution < 1.29 is 9.90 Å². The summed E-state index contributed by atoms with van der Waals surface area (Å²) in [5.41, 5.74) is 0.724. The van der Waals surface area contributed by atoms with E-state index in [-0.39, 0.29) is 12.5 Å². The predicted molar refractivity (Wildman–Crippen MR) is 82.9 cm³/mol. The lowest BCUT2D eigenvalue weighted by Crippen LogP contribution is -2.40. The Bertz CT molecular complexity index is 485. The van der Waals surface area contributed by atoms with Crippen molar-refractivity contribution in [2.24, 2.45) is 23.7 Å². The maximum absolute atomic E-state index is 12.7. The van der Waals surface area contributed by atoms with Crippen molar-refractivity contribution in [2.75, 3.05) is 19.7 Å². The third-order valence-electron chi connectivity index (χ3n) is 5.65. The highest BCUT2D eigenvalue weighted by atomic mass is 16.3. The van der Waals surface area contributed by atoms with E-state index in [2.05, 4.69) is 6.92 Å². The number of aliphatic hydroxyl groups is 1. The molecule has 2 saturated carbocycles. The number of hydrogen-bond acceptors (Lipinski definition) is 2. The minimum absolute atomic E-state index is 0.0355. The number of hydrogen-bond donors (Lipinski definition) is 1. The topological polar surface area (TPSA) is 40.5 Å². The molecule has 0 radical (unpaired) electrons. The lowest BCUT2D eigenvalue weighted by Gasteiger charge is -2.33. The number of nitrogens with zero attached hydrogens (tertiary/aromatic N) is 1. The Kier molecular flexibility index (Phi) is 4.29. The summed E-state index contributed by atoms with van der Waals surface area (Å²) < 4.78 is 0. The Hall–Kier alpha value is -1.35. The first-order valence-corrected chi connectivity index (χ1v) is 8.16. The summed E-state index contributed by atoms with van der Waals surface area (Å²) in [6.45, 7) is 3.62. The summed E-state index contributed by atoms with van der Waals surface area (Å²) >= 11 is 0. The molecule has 21 heavy (non-hydrogen) atoms. The largest absolute Gasteiger partial charge is 0.395 e.